The molecule has 3 aromatic carbocycles. The number of halogens is 1. The number of hydrogen-bond acceptors (Lipinski definition) is 4. The molecule has 0 aliphatic carbocycles. The molecule has 0 unspecified atom stereocenters. The van der Waals surface area contributed by atoms with Crippen LogP contribution in [0.2, 0.25) is 0 Å². The van der Waals surface area contributed by atoms with Crippen molar-refractivity contribution in [2.75, 3.05) is 31.0 Å². The molecule has 0 spiro atoms. The molecule has 4 rings (SSSR count). The molecule has 0 aromatic heterocycles. The first-order valence-electron chi connectivity index (χ1n) is 10.7. The molecule has 0 radical (unpaired) electrons. The molecule has 3 aromatic rings. The van der Waals surface area contributed by atoms with Crippen molar-refractivity contribution >= 4 is 15.7 Å². The van der Waals surface area contributed by atoms with Gasteiger partial charge >= 0.3 is 0 Å². The summed E-state index contributed by atoms with van der Waals surface area (Å²) in [7, 11) is -2.12. The number of piperazine rings is 1. The maximum Gasteiger partial charge on any atom is 0.264 e. The summed E-state index contributed by atoms with van der Waals surface area (Å²) >= 11 is 0. The SMILES string of the molecule is C[C@H]1CN(Cc2ccc(N(C)S(=O)(=O)c3ccc(-c4ccc(F)cc4)cc3)cc2)CCN1. The first kappa shape index (κ1) is 22.5. The van der Waals surface area contributed by atoms with E-state index >= 15 is 0 Å². The highest BCUT2D eigenvalue weighted by molar-refractivity contribution is 7.92. The molecule has 1 N–H and O–H groups in total. The van der Waals surface area contributed by atoms with Crippen LogP contribution in [0.3, 0.4) is 0 Å². The van der Waals surface area contributed by atoms with Gasteiger partial charge in [-0.05, 0) is 60.0 Å². The molecule has 0 amide bonds. The molecular weight excluding hydrogens is 425 g/mol. The third-order valence-electron chi connectivity index (χ3n) is 5.85. The van der Waals surface area contributed by atoms with Crippen LogP contribution in [0.25, 0.3) is 11.1 Å². The second-order valence-electron chi connectivity index (χ2n) is 8.26. The lowest BCUT2D eigenvalue weighted by atomic mass is 10.1. The van der Waals surface area contributed by atoms with E-state index < -0.39 is 10.0 Å². The Morgan fingerprint density at radius 3 is 2.16 bits per heavy atom. The van der Waals surface area contributed by atoms with Crippen molar-refractivity contribution in [1.29, 1.82) is 0 Å². The van der Waals surface area contributed by atoms with Gasteiger partial charge in [-0.2, -0.15) is 0 Å². The predicted octanol–water partition coefficient (Wildman–Crippen LogP) is 4.11. The fourth-order valence-electron chi connectivity index (χ4n) is 3.98. The van der Waals surface area contributed by atoms with Gasteiger partial charge in [-0.15, -0.1) is 0 Å². The van der Waals surface area contributed by atoms with E-state index in [0.29, 0.717) is 11.7 Å². The van der Waals surface area contributed by atoms with Gasteiger partial charge in [0.1, 0.15) is 5.82 Å². The number of rotatable bonds is 6. The van der Waals surface area contributed by atoms with Crippen molar-refractivity contribution in [2.45, 2.75) is 24.4 Å². The van der Waals surface area contributed by atoms with Gasteiger partial charge in [0.2, 0.25) is 0 Å². The topological polar surface area (TPSA) is 52.7 Å². The minimum Gasteiger partial charge on any atom is -0.312 e. The number of anilines is 1. The van der Waals surface area contributed by atoms with Crippen molar-refractivity contribution in [3.05, 3.63) is 84.2 Å². The van der Waals surface area contributed by atoms with Gasteiger partial charge in [-0.3, -0.25) is 9.21 Å². The summed E-state index contributed by atoms with van der Waals surface area (Å²) in [5, 5.41) is 3.44. The van der Waals surface area contributed by atoms with E-state index in [0.717, 1.165) is 42.9 Å². The molecule has 7 heteroatoms. The van der Waals surface area contributed by atoms with E-state index in [2.05, 4.69) is 17.1 Å². The van der Waals surface area contributed by atoms with E-state index in [1.165, 1.54) is 16.4 Å². The van der Waals surface area contributed by atoms with Gasteiger partial charge in [-0.25, -0.2) is 12.8 Å². The molecule has 1 aliphatic heterocycles. The molecule has 1 atom stereocenters. The molecule has 168 valence electrons. The molecule has 1 fully saturated rings. The van der Waals surface area contributed by atoms with Crippen molar-refractivity contribution in [2.24, 2.45) is 0 Å². The zero-order valence-electron chi connectivity index (χ0n) is 18.3. The fraction of sp³-hybridized carbons (Fsp3) is 0.280. The highest BCUT2D eigenvalue weighted by Gasteiger charge is 2.22. The van der Waals surface area contributed by atoms with E-state index in [1.54, 1.807) is 43.4 Å². The second kappa shape index (κ2) is 9.40. The van der Waals surface area contributed by atoms with E-state index in [9.17, 15) is 12.8 Å². The Labute approximate surface area is 189 Å². The minimum absolute atomic E-state index is 0.213. The van der Waals surface area contributed by atoms with Gasteiger partial charge in [0.15, 0.2) is 0 Å². The van der Waals surface area contributed by atoms with E-state index in [1.807, 2.05) is 24.3 Å². The van der Waals surface area contributed by atoms with Crippen LogP contribution in [-0.2, 0) is 16.6 Å². The van der Waals surface area contributed by atoms with Gasteiger partial charge < -0.3 is 5.32 Å². The molecule has 1 heterocycles. The summed E-state index contributed by atoms with van der Waals surface area (Å²) in [4.78, 5) is 2.61. The smallest absolute Gasteiger partial charge is 0.264 e. The molecule has 32 heavy (non-hydrogen) atoms. The number of nitrogens with one attached hydrogen (secondary N) is 1. The van der Waals surface area contributed by atoms with Gasteiger partial charge in [0.25, 0.3) is 10.0 Å². The van der Waals surface area contributed by atoms with Gasteiger partial charge in [-0.1, -0.05) is 36.4 Å². The lowest BCUT2D eigenvalue weighted by Gasteiger charge is -2.31. The summed E-state index contributed by atoms with van der Waals surface area (Å²) < 4.78 is 40.7. The van der Waals surface area contributed by atoms with Crippen molar-refractivity contribution in [3.63, 3.8) is 0 Å². The number of hydrogen-bond donors (Lipinski definition) is 1. The summed E-state index contributed by atoms with van der Waals surface area (Å²) in [6, 6.07) is 21.0. The predicted molar refractivity (Wildman–Crippen MR) is 127 cm³/mol. The summed E-state index contributed by atoms with van der Waals surface area (Å²) in [6.45, 7) is 6.04. The Bertz CT molecular complexity index is 1150. The van der Waals surface area contributed by atoms with Crippen molar-refractivity contribution < 1.29 is 12.8 Å². The quantitative estimate of drug-likeness (QED) is 0.610. The maximum absolute atomic E-state index is 13.1. The molecule has 5 nitrogen and oxygen atoms in total. The third-order valence-corrected chi connectivity index (χ3v) is 7.65. The van der Waals surface area contributed by atoms with Crippen LogP contribution in [0.5, 0.6) is 0 Å². The van der Waals surface area contributed by atoms with Crippen LogP contribution < -0.4 is 9.62 Å². The summed E-state index contributed by atoms with van der Waals surface area (Å²) in [5.74, 6) is -0.303. The first-order valence-corrected chi connectivity index (χ1v) is 12.2. The van der Waals surface area contributed by atoms with Crippen LogP contribution in [-0.4, -0.2) is 46.0 Å². The monoisotopic (exact) mass is 453 g/mol. The lowest BCUT2D eigenvalue weighted by Crippen LogP contribution is -2.48. The molecule has 1 saturated heterocycles. The molecular formula is C25H28FN3O2S. The normalized spacial score (nSPS) is 17.3. The Kier molecular flexibility index (Phi) is 6.60. The average Bonchev–Trinajstić information content (AvgIpc) is 2.80. The van der Waals surface area contributed by atoms with Gasteiger partial charge in [0.05, 0.1) is 10.6 Å². The Morgan fingerprint density at radius 1 is 0.969 bits per heavy atom. The minimum atomic E-state index is -3.69. The molecule has 1 aliphatic rings. The Morgan fingerprint density at radius 2 is 1.56 bits per heavy atom. The summed E-state index contributed by atoms with van der Waals surface area (Å²) in [5.41, 5.74) is 3.44. The summed E-state index contributed by atoms with van der Waals surface area (Å²) in [6.07, 6.45) is 0. The van der Waals surface area contributed by atoms with Crippen LogP contribution in [0, 0.1) is 5.82 Å². The maximum atomic E-state index is 13.1. The largest absolute Gasteiger partial charge is 0.312 e. The zero-order valence-corrected chi connectivity index (χ0v) is 19.1. The Balaban J connectivity index is 1.46. The average molecular weight is 454 g/mol. The van der Waals surface area contributed by atoms with Crippen LogP contribution in [0.1, 0.15) is 12.5 Å². The number of benzene rings is 3. The van der Waals surface area contributed by atoms with Crippen LogP contribution in [0.15, 0.2) is 77.7 Å². The molecule has 0 saturated carbocycles. The highest BCUT2D eigenvalue weighted by atomic mass is 32.2. The number of nitrogens with zero attached hydrogens (tertiary/aromatic N) is 2. The molecule has 0 bridgehead atoms. The van der Waals surface area contributed by atoms with Gasteiger partial charge in [0, 0.05) is 39.3 Å². The van der Waals surface area contributed by atoms with Crippen LogP contribution in [0.4, 0.5) is 10.1 Å². The lowest BCUT2D eigenvalue weighted by molar-refractivity contribution is 0.199. The Hall–Kier alpha value is -2.74. The first-order chi connectivity index (χ1) is 15.3. The van der Waals surface area contributed by atoms with Crippen molar-refractivity contribution in [1.82, 2.24) is 10.2 Å². The van der Waals surface area contributed by atoms with Crippen molar-refractivity contribution in [3.8, 4) is 11.1 Å². The van der Waals surface area contributed by atoms with E-state index in [4.69, 9.17) is 0 Å². The van der Waals surface area contributed by atoms with E-state index in [-0.39, 0.29) is 10.7 Å². The second-order valence-corrected chi connectivity index (χ2v) is 10.2. The number of sulfonamides is 1. The standard InChI is InChI=1S/C25H28FN3O2S/c1-19-17-29(16-15-27-19)18-20-3-11-24(12-4-20)28(2)32(30,31)25-13-7-22(8-14-25)21-5-9-23(26)10-6-21/h3-14,19,27H,15-18H2,1-2H3/t19-/m0/s1. The highest BCUT2D eigenvalue weighted by Crippen LogP contribution is 2.26. The third kappa shape index (κ3) is 5.01. The zero-order chi connectivity index (χ0) is 22.7. The van der Waals surface area contributed by atoms with Crippen LogP contribution >= 0.6 is 0 Å². The fourth-order valence-corrected chi connectivity index (χ4v) is 5.18.